The highest BCUT2D eigenvalue weighted by atomic mass is 79.9. The maximum atomic E-state index is 12.7. The van der Waals surface area contributed by atoms with Crippen LogP contribution < -0.4 is 5.32 Å². The van der Waals surface area contributed by atoms with Crippen LogP contribution in [0.3, 0.4) is 0 Å². The first-order valence-electron chi connectivity index (χ1n) is 10.8. The van der Waals surface area contributed by atoms with E-state index in [1.807, 2.05) is 81.4 Å². The number of alkyl halides is 1. The van der Waals surface area contributed by atoms with Crippen molar-refractivity contribution in [1.29, 1.82) is 0 Å². The zero-order chi connectivity index (χ0) is 23.4. The second kappa shape index (κ2) is 9.75. The topological polar surface area (TPSA) is 77.2 Å². The van der Waals surface area contributed by atoms with Crippen LogP contribution in [0.1, 0.15) is 43.6 Å². The molecule has 1 amide bonds. The molecule has 2 heterocycles. The number of hydrogen-bond acceptors (Lipinski definition) is 5. The third-order valence-electron chi connectivity index (χ3n) is 5.11. The summed E-state index contributed by atoms with van der Waals surface area (Å²) in [7, 11) is 0. The summed E-state index contributed by atoms with van der Waals surface area (Å²) in [5.41, 5.74) is 4.62. The van der Waals surface area contributed by atoms with Crippen molar-refractivity contribution in [2.75, 3.05) is 0 Å². The monoisotopic (exact) mass is 507 g/mol. The Bertz CT molecular complexity index is 1250. The van der Waals surface area contributed by atoms with E-state index in [1.54, 1.807) is 6.20 Å². The number of amides is 1. The van der Waals surface area contributed by atoms with Crippen LogP contribution in [0.2, 0.25) is 0 Å². The Labute approximate surface area is 201 Å². The Balaban J connectivity index is 1.75. The number of nitrogens with zero attached hydrogens (tertiary/aromatic N) is 2. The van der Waals surface area contributed by atoms with Gasteiger partial charge in [-0.25, -0.2) is 4.79 Å². The van der Waals surface area contributed by atoms with Crippen molar-refractivity contribution in [3.05, 3.63) is 83.7 Å². The van der Waals surface area contributed by atoms with E-state index in [4.69, 9.17) is 9.26 Å². The van der Waals surface area contributed by atoms with Gasteiger partial charge < -0.3 is 14.6 Å². The van der Waals surface area contributed by atoms with Crippen molar-refractivity contribution in [2.24, 2.45) is 0 Å². The van der Waals surface area contributed by atoms with E-state index in [0.29, 0.717) is 6.42 Å². The van der Waals surface area contributed by atoms with Gasteiger partial charge in [0, 0.05) is 34.6 Å². The molecule has 2 aromatic heterocycles. The molecule has 7 heteroatoms. The minimum atomic E-state index is -0.603. The van der Waals surface area contributed by atoms with Crippen LogP contribution in [-0.2, 0) is 16.5 Å². The molecule has 0 aliphatic carbocycles. The molecule has 0 saturated heterocycles. The average Bonchev–Trinajstić information content (AvgIpc) is 3.21. The van der Waals surface area contributed by atoms with Gasteiger partial charge in [-0.1, -0.05) is 57.5 Å². The first-order chi connectivity index (χ1) is 15.8. The number of benzene rings is 2. The maximum absolute atomic E-state index is 12.7. The molecule has 0 fully saturated rings. The molecule has 0 radical (unpaired) electrons. The molecule has 4 aromatic rings. The minimum Gasteiger partial charge on any atom is -0.444 e. The Kier molecular flexibility index (Phi) is 6.79. The summed E-state index contributed by atoms with van der Waals surface area (Å²) in [5.74, 6) is 0. The standard InChI is InChI=1S/C26H26BrN3O3/c1-26(2,3)32-25(31)29-22(15-18-8-6-7-13-28-18)19-9-4-5-10-20(19)24-21-12-11-17(16-27)14-23(21)33-30-24/h4-14,22H,15-16H2,1-3H3,(H,29,31)/t22-/m0/s1. The van der Waals surface area contributed by atoms with E-state index in [9.17, 15) is 4.79 Å². The highest BCUT2D eigenvalue weighted by Gasteiger charge is 2.25. The van der Waals surface area contributed by atoms with Crippen molar-refractivity contribution in [3.63, 3.8) is 0 Å². The van der Waals surface area contributed by atoms with Gasteiger partial charge in [0.2, 0.25) is 0 Å². The summed E-state index contributed by atoms with van der Waals surface area (Å²) >= 11 is 3.48. The molecule has 0 spiro atoms. The number of pyridine rings is 1. The lowest BCUT2D eigenvalue weighted by Gasteiger charge is -2.25. The SMILES string of the molecule is CC(C)(C)OC(=O)N[C@@H](Cc1ccccn1)c1ccccc1-c1noc2cc(CBr)ccc12. The minimum absolute atomic E-state index is 0.375. The predicted octanol–water partition coefficient (Wildman–Crippen LogP) is 6.59. The number of aromatic nitrogens is 2. The van der Waals surface area contributed by atoms with Crippen LogP contribution in [0.5, 0.6) is 0 Å². The first kappa shape index (κ1) is 23.0. The van der Waals surface area contributed by atoms with E-state index in [1.165, 1.54) is 0 Å². The number of ether oxygens (including phenoxy) is 1. The van der Waals surface area contributed by atoms with Crippen molar-refractivity contribution in [2.45, 2.75) is 44.2 Å². The predicted molar refractivity (Wildman–Crippen MR) is 132 cm³/mol. The second-order valence-electron chi connectivity index (χ2n) is 8.81. The number of fused-ring (bicyclic) bond motifs is 1. The van der Waals surface area contributed by atoms with Gasteiger partial charge in [-0.15, -0.1) is 0 Å². The number of carbonyl (C=O) groups excluding carboxylic acids is 1. The lowest BCUT2D eigenvalue weighted by atomic mass is 9.93. The molecule has 170 valence electrons. The Morgan fingerprint density at radius 3 is 2.64 bits per heavy atom. The summed E-state index contributed by atoms with van der Waals surface area (Å²) in [6.07, 6.45) is 1.77. The van der Waals surface area contributed by atoms with Gasteiger partial charge in [0.25, 0.3) is 0 Å². The number of nitrogens with one attached hydrogen (secondary N) is 1. The Hall–Kier alpha value is -3.19. The molecule has 1 N–H and O–H groups in total. The average molecular weight is 508 g/mol. The molecular weight excluding hydrogens is 482 g/mol. The molecule has 33 heavy (non-hydrogen) atoms. The highest BCUT2D eigenvalue weighted by Crippen LogP contribution is 2.34. The van der Waals surface area contributed by atoms with Crippen LogP contribution in [-0.4, -0.2) is 21.8 Å². The van der Waals surface area contributed by atoms with Crippen molar-refractivity contribution in [3.8, 4) is 11.3 Å². The van der Waals surface area contributed by atoms with Gasteiger partial charge in [-0.2, -0.15) is 0 Å². The summed E-state index contributed by atoms with van der Waals surface area (Å²) in [5, 5.41) is 9.08. The number of rotatable bonds is 6. The van der Waals surface area contributed by atoms with Crippen LogP contribution in [0, 0.1) is 0 Å². The van der Waals surface area contributed by atoms with Crippen molar-refractivity contribution in [1.82, 2.24) is 15.5 Å². The van der Waals surface area contributed by atoms with Crippen molar-refractivity contribution < 1.29 is 14.1 Å². The van der Waals surface area contributed by atoms with Gasteiger partial charge in [0.05, 0.1) is 6.04 Å². The number of carbonyl (C=O) groups is 1. The van der Waals surface area contributed by atoms with Crippen LogP contribution in [0.4, 0.5) is 4.79 Å². The molecule has 1 atom stereocenters. The van der Waals surface area contributed by atoms with Crippen LogP contribution in [0.15, 0.2) is 71.4 Å². The summed E-state index contributed by atoms with van der Waals surface area (Å²) < 4.78 is 11.2. The van der Waals surface area contributed by atoms with Crippen molar-refractivity contribution >= 4 is 33.0 Å². The fourth-order valence-electron chi connectivity index (χ4n) is 3.69. The number of hydrogen-bond donors (Lipinski definition) is 1. The largest absolute Gasteiger partial charge is 0.444 e. The van der Waals surface area contributed by atoms with Gasteiger partial charge in [-0.3, -0.25) is 4.98 Å². The molecular formula is C26H26BrN3O3. The van der Waals surface area contributed by atoms with Gasteiger partial charge >= 0.3 is 6.09 Å². The van der Waals surface area contributed by atoms with E-state index >= 15 is 0 Å². The molecule has 0 unspecified atom stereocenters. The fraction of sp³-hybridized carbons (Fsp3) is 0.269. The summed E-state index contributed by atoms with van der Waals surface area (Å²) in [6, 6.07) is 19.3. The van der Waals surface area contributed by atoms with Gasteiger partial charge in [0.1, 0.15) is 11.3 Å². The lowest BCUT2D eigenvalue weighted by molar-refractivity contribution is 0.0503. The summed E-state index contributed by atoms with van der Waals surface area (Å²) in [6.45, 7) is 5.53. The van der Waals surface area contributed by atoms with E-state index < -0.39 is 11.7 Å². The van der Waals surface area contributed by atoms with Gasteiger partial charge in [0.15, 0.2) is 5.58 Å². The normalized spacial score (nSPS) is 12.5. The molecule has 0 saturated carbocycles. The molecule has 4 rings (SSSR count). The third-order valence-corrected chi connectivity index (χ3v) is 5.76. The van der Waals surface area contributed by atoms with E-state index in [2.05, 4.69) is 31.4 Å². The Morgan fingerprint density at radius 2 is 1.91 bits per heavy atom. The molecule has 2 aromatic carbocycles. The second-order valence-corrected chi connectivity index (χ2v) is 9.37. The zero-order valence-corrected chi connectivity index (χ0v) is 20.4. The third kappa shape index (κ3) is 5.60. The van der Waals surface area contributed by atoms with E-state index in [0.717, 1.165) is 44.4 Å². The highest BCUT2D eigenvalue weighted by molar-refractivity contribution is 9.08. The van der Waals surface area contributed by atoms with Gasteiger partial charge in [-0.05, 0) is 56.2 Å². The zero-order valence-electron chi connectivity index (χ0n) is 18.8. The molecule has 0 aliphatic rings. The number of halogens is 1. The molecule has 0 bridgehead atoms. The molecule has 6 nitrogen and oxygen atoms in total. The Morgan fingerprint density at radius 1 is 1.12 bits per heavy atom. The van der Waals surface area contributed by atoms with Crippen LogP contribution >= 0.6 is 15.9 Å². The van der Waals surface area contributed by atoms with Crippen LogP contribution in [0.25, 0.3) is 22.2 Å². The number of alkyl carbamates (subject to hydrolysis) is 1. The fourth-order valence-corrected chi connectivity index (χ4v) is 4.04. The maximum Gasteiger partial charge on any atom is 0.408 e. The smallest absolute Gasteiger partial charge is 0.408 e. The quantitative estimate of drug-likeness (QED) is 0.297. The van der Waals surface area contributed by atoms with E-state index in [-0.39, 0.29) is 6.04 Å². The summed E-state index contributed by atoms with van der Waals surface area (Å²) in [4.78, 5) is 17.2. The first-order valence-corrected chi connectivity index (χ1v) is 11.9. The lowest BCUT2D eigenvalue weighted by Crippen LogP contribution is -2.36. The molecule has 0 aliphatic heterocycles.